The van der Waals surface area contributed by atoms with Crippen LogP contribution < -0.4 is 0 Å². The number of aryl methyl sites for hydroxylation is 2. The minimum absolute atomic E-state index is 0.170. The highest BCUT2D eigenvalue weighted by Gasteiger charge is 2.33. The Morgan fingerprint density at radius 3 is 2.15 bits per heavy atom. The van der Waals surface area contributed by atoms with Crippen molar-refractivity contribution in [3.8, 4) is 17.1 Å². The van der Waals surface area contributed by atoms with Gasteiger partial charge >= 0.3 is 0 Å². The molecule has 7 nitrogen and oxygen atoms in total. The van der Waals surface area contributed by atoms with E-state index in [2.05, 4.69) is 76.7 Å². The summed E-state index contributed by atoms with van der Waals surface area (Å²) >= 11 is 5.92. The minimum Gasteiger partial charge on any atom is -0.297 e. The van der Waals surface area contributed by atoms with Crippen LogP contribution in [0.15, 0.2) is 48.5 Å². The van der Waals surface area contributed by atoms with E-state index in [-0.39, 0.29) is 6.04 Å². The fourth-order valence-electron chi connectivity index (χ4n) is 4.84. The van der Waals surface area contributed by atoms with E-state index in [9.17, 15) is 8.42 Å². The first kappa shape index (κ1) is 23.4. The first-order valence-electron chi connectivity index (χ1n) is 11.8. The Kier molecular flexibility index (Phi) is 6.45. The van der Waals surface area contributed by atoms with E-state index in [1.807, 2.05) is 4.68 Å². The van der Waals surface area contributed by atoms with Crippen molar-refractivity contribution in [2.24, 2.45) is 0 Å². The first-order chi connectivity index (χ1) is 16.3. The van der Waals surface area contributed by atoms with Crippen molar-refractivity contribution in [2.75, 3.05) is 37.7 Å². The molecule has 0 bridgehead atoms. The van der Waals surface area contributed by atoms with Crippen molar-refractivity contribution >= 4 is 22.1 Å². The standard InChI is InChI=1S/C25H31N5O2S2/c1-19-3-7-21(8-4-19)24-26-29(25(33)30(24)22-9-5-20(2)6-10-22)18-27-12-14-28(15-13-27)23-11-16-34(31,32)17-23/h3-10,23H,11-18H2,1-2H3/t23-/m1/s1. The SMILES string of the molecule is Cc1ccc(-c2nn(CN3CCN([C@@H]4CCS(=O)(=O)C4)CC3)c(=S)n2-c2ccc(C)cc2)cc1. The number of aromatic nitrogens is 3. The fraction of sp³-hybridized carbons (Fsp3) is 0.440. The number of nitrogens with zero attached hydrogens (tertiary/aromatic N) is 5. The van der Waals surface area contributed by atoms with E-state index in [0.717, 1.165) is 49.7 Å². The molecule has 0 unspecified atom stereocenters. The van der Waals surface area contributed by atoms with E-state index < -0.39 is 9.84 Å². The third-order valence-electron chi connectivity index (χ3n) is 6.91. The average molecular weight is 498 g/mol. The lowest BCUT2D eigenvalue weighted by molar-refractivity contribution is 0.0808. The minimum atomic E-state index is -2.86. The Balaban J connectivity index is 1.38. The number of sulfone groups is 1. The first-order valence-corrected chi connectivity index (χ1v) is 14.0. The van der Waals surface area contributed by atoms with Crippen molar-refractivity contribution in [1.82, 2.24) is 24.1 Å². The van der Waals surface area contributed by atoms with Gasteiger partial charge in [0.1, 0.15) is 0 Å². The summed E-state index contributed by atoms with van der Waals surface area (Å²) in [5.41, 5.74) is 4.44. The lowest BCUT2D eigenvalue weighted by Gasteiger charge is -2.37. The van der Waals surface area contributed by atoms with Crippen molar-refractivity contribution in [3.05, 3.63) is 64.4 Å². The molecule has 9 heteroatoms. The summed E-state index contributed by atoms with van der Waals surface area (Å²) < 4.78 is 28.4. The molecule has 0 aliphatic carbocycles. The predicted octanol–water partition coefficient (Wildman–Crippen LogP) is 3.45. The average Bonchev–Trinajstić information content (AvgIpc) is 3.34. The van der Waals surface area contributed by atoms with E-state index >= 15 is 0 Å². The topological polar surface area (TPSA) is 63.4 Å². The van der Waals surface area contributed by atoms with Gasteiger partial charge in [-0.3, -0.25) is 14.4 Å². The molecule has 180 valence electrons. The van der Waals surface area contributed by atoms with Gasteiger partial charge in [0.15, 0.2) is 15.7 Å². The van der Waals surface area contributed by atoms with Gasteiger partial charge in [0.05, 0.1) is 18.2 Å². The maximum Gasteiger partial charge on any atom is 0.204 e. The molecule has 0 saturated carbocycles. The van der Waals surface area contributed by atoms with Crippen molar-refractivity contribution in [2.45, 2.75) is 33.0 Å². The van der Waals surface area contributed by atoms with Crippen LogP contribution in [0, 0.1) is 18.6 Å². The second-order valence-corrected chi connectivity index (χ2v) is 12.1. The summed E-state index contributed by atoms with van der Waals surface area (Å²) in [6.45, 7) is 8.26. The molecule has 0 N–H and O–H groups in total. The lowest BCUT2D eigenvalue weighted by atomic mass is 10.1. The molecule has 34 heavy (non-hydrogen) atoms. The van der Waals surface area contributed by atoms with Gasteiger partial charge in [-0.05, 0) is 44.6 Å². The highest BCUT2D eigenvalue weighted by atomic mass is 32.2. The van der Waals surface area contributed by atoms with Crippen LogP contribution in [0.5, 0.6) is 0 Å². The maximum atomic E-state index is 11.9. The van der Waals surface area contributed by atoms with Crippen LogP contribution in [0.3, 0.4) is 0 Å². The van der Waals surface area contributed by atoms with Crippen LogP contribution in [0.25, 0.3) is 17.1 Å². The van der Waals surface area contributed by atoms with E-state index in [0.29, 0.717) is 22.9 Å². The van der Waals surface area contributed by atoms with Gasteiger partial charge in [-0.15, -0.1) is 5.10 Å². The molecule has 2 saturated heterocycles. The summed E-state index contributed by atoms with van der Waals surface area (Å²) in [4.78, 5) is 4.68. The highest BCUT2D eigenvalue weighted by molar-refractivity contribution is 7.91. The van der Waals surface area contributed by atoms with Gasteiger partial charge in [0.2, 0.25) is 4.77 Å². The Hall–Kier alpha value is -2.33. The van der Waals surface area contributed by atoms with Crippen LogP contribution >= 0.6 is 12.2 Å². The monoisotopic (exact) mass is 497 g/mol. The molecule has 2 aliphatic heterocycles. The number of rotatable bonds is 5. The molecular weight excluding hydrogens is 466 g/mol. The fourth-order valence-corrected chi connectivity index (χ4v) is 6.89. The number of piperazine rings is 1. The summed E-state index contributed by atoms with van der Waals surface area (Å²) in [7, 11) is -2.86. The lowest BCUT2D eigenvalue weighted by Crippen LogP contribution is -2.50. The van der Waals surface area contributed by atoms with Gasteiger partial charge in [-0.2, -0.15) is 0 Å². The maximum absolute atomic E-state index is 11.9. The van der Waals surface area contributed by atoms with Crippen LogP contribution in [0.2, 0.25) is 0 Å². The summed E-state index contributed by atoms with van der Waals surface area (Å²) in [5.74, 6) is 1.47. The Bertz CT molecular complexity index is 1320. The smallest absolute Gasteiger partial charge is 0.204 e. The summed E-state index contributed by atoms with van der Waals surface area (Å²) in [6.07, 6.45) is 0.758. The molecule has 1 aromatic heterocycles. The molecule has 0 radical (unpaired) electrons. The predicted molar refractivity (Wildman–Crippen MR) is 138 cm³/mol. The zero-order valence-electron chi connectivity index (χ0n) is 19.7. The molecule has 2 aliphatic rings. The number of hydrogen-bond acceptors (Lipinski definition) is 6. The van der Waals surface area contributed by atoms with E-state index in [1.165, 1.54) is 11.1 Å². The summed E-state index contributed by atoms with van der Waals surface area (Å²) in [5, 5.41) is 4.96. The molecule has 3 heterocycles. The van der Waals surface area contributed by atoms with Crippen LogP contribution in [0.4, 0.5) is 0 Å². The van der Waals surface area contributed by atoms with Gasteiger partial charge in [-0.25, -0.2) is 13.1 Å². The third-order valence-corrected chi connectivity index (χ3v) is 9.05. The second kappa shape index (κ2) is 9.37. The quantitative estimate of drug-likeness (QED) is 0.503. The van der Waals surface area contributed by atoms with Crippen molar-refractivity contribution in [3.63, 3.8) is 0 Å². The Morgan fingerprint density at radius 2 is 1.56 bits per heavy atom. The zero-order valence-corrected chi connectivity index (χ0v) is 21.4. The summed E-state index contributed by atoms with van der Waals surface area (Å²) in [6, 6.07) is 16.9. The highest BCUT2D eigenvalue weighted by Crippen LogP contribution is 2.24. The Morgan fingerprint density at radius 1 is 0.941 bits per heavy atom. The molecule has 3 aromatic rings. The van der Waals surface area contributed by atoms with Gasteiger partial charge in [0, 0.05) is 43.5 Å². The van der Waals surface area contributed by atoms with Crippen LogP contribution in [0.1, 0.15) is 17.5 Å². The molecular formula is C25H31N5O2S2. The van der Waals surface area contributed by atoms with Gasteiger partial charge in [-0.1, -0.05) is 47.5 Å². The molecule has 5 rings (SSSR count). The van der Waals surface area contributed by atoms with Crippen molar-refractivity contribution < 1.29 is 8.42 Å². The number of benzene rings is 2. The normalized spacial score (nSPS) is 21.2. The van der Waals surface area contributed by atoms with E-state index in [1.54, 1.807) is 0 Å². The molecule has 2 fully saturated rings. The Labute approximate surface area is 206 Å². The third kappa shape index (κ3) is 4.88. The van der Waals surface area contributed by atoms with E-state index in [4.69, 9.17) is 17.3 Å². The zero-order chi connectivity index (χ0) is 23.9. The van der Waals surface area contributed by atoms with Gasteiger partial charge < -0.3 is 0 Å². The van der Waals surface area contributed by atoms with Crippen LogP contribution in [-0.4, -0.2) is 76.3 Å². The largest absolute Gasteiger partial charge is 0.297 e. The number of hydrogen-bond donors (Lipinski definition) is 0. The van der Waals surface area contributed by atoms with Crippen LogP contribution in [-0.2, 0) is 16.5 Å². The van der Waals surface area contributed by atoms with Gasteiger partial charge in [0.25, 0.3) is 0 Å². The molecule has 1 atom stereocenters. The molecule has 0 amide bonds. The second-order valence-electron chi connectivity index (χ2n) is 9.49. The molecule has 2 aromatic carbocycles. The van der Waals surface area contributed by atoms with Crippen molar-refractivity contribution in [1.29, 1.82) is 0 Å². The molecule has 0 spiro atoms.